The highest BCUT2D eigenvalue weighted by Crippen LogP contribution is 2.30. The molecule has 0 aromatic heterocycles. The van der Waals surface area contributed by atoms with Gasteiger partial charge >= 0.3 is 0 Å². The zero-order valence-electron chi connectivity index (χ0n) is 13.3. The summed E-state index contributed by atoms with van der Waals surface area (Å²) in [4.78, 5) is 2.85. The zero-order valence-corrected chi connectivity index (χ0v) is 13.3. The summed E-state index contributed by atoms with van der Waals surface area (Å²) in [5.41, 5.74) is 0. The van der Waals surface area contributed by atoms with E-state index in [0.29, 0.717) is 0 Å². The Morgan fingerprint density at radius 1 is 1.00 bits per heavy atom. The third-order valence-corrected chi connectivity index (χ3v) is 5.48. The van der Waals surface area contributed by atoms with Crippen LogP contribution in [0.15, 0.2) is 0 Å². The van der Waals surface area contributed by atoms with Gasteiger partial charge in [0, 0.05) is 18.1 Å². The highest BCUT2D eigenvalue weighted by molar-refractivity contribution is 4.92. The van der Waals surface area contributed by atoms with Crippen molar-refractivity contribution in [3.8, 4) is 0 Å². The van der Waals surface area contributed by atoms with E-state index in [1.54, 1.807) is 0 Å². The lowest BCUT2D eigenvalue weighted by atomic mass is 9.88. The summed E-state index contributed by atoms with van der Waals surface area (Å²) >= 11 is 0. The molecule has 1 heterocycles. The summed E-state index contributed by atoms with van der Waals surface area (Å²) < 4.78 is 0. The number of nitrogens with one attached hydrogen (secondary N) is 1. The Labute approximate surface area is 120 Å². The third kappa shape index (κ3) is 3.95. The average molecular weight is 266 g/mol. The minimum absolute atomic E-state index is 0.746. The van der Waals surface area contributed by atoms with Gasteiger partial charge in [0.05, 0.1) is 0 Å². The molecule has 2 fully saturated rings. The summed E-state index contributed by atoms with van der Waals surface area (Å²) in [6.07, 6.45) is 11.2. The fourth-order valence-corrected chi connectivity index (χ4v) is 4.09. The first-order chi connectivity index (χ1) is 9.24. The molecule has 0 amide bonds. The zero-order chi connectivity index (χ0) is 13.7. The summed E-state index contributed by atoms with van der Waals surface area (Å²) in [6, 6.07) is 2.32. The predicted octanol–water partition coefficient (Wildman–Crippen LogP) is 3.81. The smallest absolute Gasteiger partial charge is 0.0252 e. The maximum absolute atomic E-state index is 3.85. The number of piperidine rings is 1. The second-order valence-corrected chi connectivity index (χ2v) is 6.86. The van der Waals surface area contributed by atoms with Gasteiger partial charge in [-0.05, 0) is 58.0 Å². The first-order valence-electron chi connectivity index (χ1n) is 8.73. The molecule has 0 bridgehead atoms. The molecule has 2 rings (SSSR count). The van der Waals surface area contributed by atoms with Crippen molar-refractivity contribution >= 4 is 0 Å². The van der Waals surface area contributed by atoms with Crippen molar-refractivity contribution in [2.75, 3.05) is 13.1 Å². The van der Waals surface area contributed by atoms with E-state index in [4.69, 9.17) is 0 Å². The van der Waals surface area contributed by atoms with Gasteiger partial charge in [0.25, 0.3) is 0 Å². The molecule has 1 aliphatic heterocycles. The molecule has 0 aromatic carbocycles. The van der Waals surface area contributed by atoms with E-state index >= 15 is 0 Å². The minimum atomic E-state index is 0.746. The fraction of sp³-hybridized carbons (Fsp3) is 1.00. The van der Waals surface area contributed by atoms with Crippen LogP contribution in [0.2, 0.25) is 0 Å². The Morgan fingerprint density at radius 2 is 1.79 bits per heavy atom. The topological polar surface area (TPSA) is 15.3 Å². The van der Waals surface area contributed by atoms with Crippen LogP contribution in [0.3, 0.4) is 0 Å². The van der Waals surface area contributed by atoms with Crippen molar-refractivity contribution in [2.45, 2.75) is 90.3 Å². The highest BCUT2D eigenvalue weighted by Gasteiger charge is 2.34. The van der Waals surface area contributed by atoms with Gasteiger partial charge in [-0.3, -0.25) is 4.90 Å². The monoisotopic (exact) mass is 266 g/mol. The van der Waals surface area contributed by atoms with Crippen LogP contribution in [-0.4, -0.2) is 36.1 Å². The average Bonchev–Trinajstić information content (AvgIpc) is 2.65. The lowest BCUT2D eigenvalue weighted by Gasteiger charge is -2.45. The largest absolute Gasteiger partial charge is 0.312 e. The molecule has 1 aliphatic carbocycles. The quantitative estimate of drug-likeness (QED) is 0.779. The van der Waals surface area contributed by atoms with Crippen LogP contribution in [0, 0.1) is 5.92 Å². The second kappa shape index (κ2) is 7.64. The van der Waals surface area contributed by atoms with E-state index in [0.717, 1.165) is 24.0 Å². The third-order valence-electron chi connectivity index (χ3n) is 5.48. The molecule has 0 radical (unpaired) electrons. The number of hydrogen-bond acceptors (Lipinski definition) is 2. The molecule has 0 aromatic rings. The fourth-order valence-electron chi connectivity index (χ4n) is 4.09. The Kier molecular flexibility index (Phi) is 6.15. The van der Waals surface area contributed by atoms with Crippen molar-refractivity contribution in [1.29, 1.82) is 0 Å². The molecular weight excluding hydrogens is 232 g/mol. The van der Waals surface area contributed by atoms with Gasteiger partial charge in [-0.25, -0.2) is 0 Å². The van der Waals surface area contributed by atoms with E-state index in [1.807, 2.05) is 0 Å². The SMILES string of the molecule is CCCNC1CCCCCC1N1CCCC(C)C1C. The minimum Gasteiger partial charge on any atom is -0.312 e. The molecule has 1 saturated heterocycles. The van der Waals surface area contributed by atoms with Gasteiger partial charge in [0.1, 0.15) is 0 Å². The standard InChI is InChI=1S/C17H34N2/c1-4-12-18-16-10-6-5-7-11-17(16)19-13-8-9-14(2)15(19)3/h14-18H,4-13H2,1-3H3. The van der Waals surface area contributed by atoms with Crippen LogP contribution in [-0.2, 0) is 0 Å². The molecule has 112 valence electrons. The van der Waals surface area contributed by atoms with Crippen LogP contribution in [0.4, 0.5) is 0 Å². The van der Waals surface area contributed by atoms with E-state index in [9.17, 15) is 0 Å². The summed E-state index contributed by atoms with van der Waals surface area (Å²) in [6.45, 7) is 9.72. The van der Waals surface area contributed by atoms with Gasteiger partial charge in [0.2, 0.25) is 0 Å². The van der Waals surface area contributed by atoms with Gasteiger partial charge in [0.15, 0.2) is 0 Å². The van der Waals surface area contributed by atoms with E-state index in [-0.39, 0.29) is 0 Å². The van der Waals surface area contributed by atoms with Crippen molar-refractivity contribution in [2.24, 2.45) is 5.92 Å². The van der Waals surface area contributed by atoms with Crippen molar-refractivity contribution in [3.63, 3.8) is 0 Å². The maximum atomic E-state index is 3.85. The molecular formula is C17H34N2. The second-order valence-electron chi connectivity index (χ2n) is 6.86. The molecule has 4 atom stereocenters. The van der Waals surface area contributed by atoms with Crippen molar-refractivity contribution in [1.82, 2.24) is 10.2 Å². The van der Waals surface area contributed by atoms with Crippen LogP contribution in [0.1, 0.15) is 72.1 Å². The normalized spacial score (nSPS) is 38.1. The first-order valence-corrected chi connectivity index (χ1v) is 8.73. The van der Waals surface area contributed by atoms with Gasteiger partial charge in [-0.15, -0.1) is 0 Å². The first kappa shape index (κ1) is 15.3. The summed E-state index contributed by atoms with van der Waals surface area (Å²) in [7, 11) is 0. The molecule has 2 aliphatic rings. The van der Waals surface area contributed by atoms with Crippen LogP contribution in [0.25, 0.3) is 0 Å². The highest BCUT2D eigenvalue weighted by atomic mass is 15.2. The predicted molar refractivity (Wildman–Crippen MR) is 83.5 cm³/mol. The van der Waals surface area contributed by atoms with Crippen molar-refractivity contribution < 1.29 is 0 Å². The lowest BCUT2D eigenvalue weighted by Crippen LogP contribution is -2.56. The summed E-state index contributed by atoms with van der Waals surface area (Å²) in [5.74, 6) is 0.879. The summed E-state index contributed by atoms with van der Waals surface area (Å²) in [5, 5.41) is 3.85. The molecule has 4 unspecified atom stereocenters. The number of nitrogens with zero attached hydrogens (tertiary/aromatic N) is 1. The van der Waals surface area contributed by atoms with Crippen LogP contribution in [0.5, 0.6) is 0 Å². The molecule has 1 saturated carbocycles. The van der Waals surface area contributed by atoms with Gasteiger partial charge in [-0.2, -0.15) is 0 Å². The Balaban J connectivity index is 2.03. The molecule has 1 N–H and O–H groups in total. The number of likely N-dealkylation sites (tertiary alicyclic amines) is 1. The van der Waals surface area contributed by atoms with Crippen LogP contribution < -0.4 is 5.32 Å². The van der Waals surface area contributed by atoms with Crippen molar-refractivity contribution in [3.05, 3.63) is 0 Å². The number of hydrogen-bond donors (Lipinski definition) is 1. The Morgan fingerprint density at radius 3 is 2.58 bits per heavy atom. The van der Waals surface area contributed by atoms with E-state index < -0.39 is 0 Å². The lowest BCUT2D eigenvalue weighted by molar-refractivity contribution is 0.0461. The van der Waals surface area contributed by atoms with Gasteiger partial charge < -0.3 is 5.32 Å². The van der Waals surface area contributed by atoms with Crippen LogP contribution >= 0.6 is 0 Å². The Bertz CT molecular complexity index is 254. The Hall–Kier alpha value is -0.0800. The number of rotatable bonds is 4. The maximum Gasteiger partial charge on any atom is 0.0252 e. The molecule has 0 spiro atoms. The molecule has 2 heteroatoms. The molecule has 19 heavy (non-hydrogen) atoms. The molecule has 2 nitrogen and oxygen atoms in total. The van der Waals surface area contributed by atoms with E-state index in [2.05, 4.69) is 31.0 Å². The van der Waals surface area contributed by atoms with E-state index in [1.165, 1.54) is 64.5 Å². The van der Waals surface area contributed by atoms with Gasteiger partial charge in [-0.1, -0.05) is 33.1 Å².